The van der Waals surface area contributed by atoms with E-state index in [4.69, 9.17) is 15.3 Å². The summed E-state index contributed by atoms with van der Waals surface area (Å²) in [5, 5.41) is 30.7. The standard InChI is InChI=1S/C37H44N8O6/c1-23(2)42-33-34(47)45(22-31(46)40-20-25-11-13-26(14-12-25)32(38)44-35(48)49)30(21-41-33)27-17-28(39-16-15-24-9-7-6-8-10-24)19-29(18-27)43-36(50)51-37(3,4)5/h6-14,17-19,21,23,39H,15-16,20,22H2,1-5H3,(H2,38,44)(H,40,46)(H,41,42)(H,43,50)(H,48,49). The number of carbonyl (C=O) groups is 3. The number of aromatic nitrogens is 2. The molecule has 7 N–H and O–H groups in total. The van der Waals surface area contributed by atoms with Crippen molar-refractivity contribution in [2.75, 3.05) is 22.5 Å². The van der Waals surface area contributed by atoms with Gasteiger partial charge in [-0.15, -0.1) is 0 Å². The summed E-state index contributed by atoms with van der Waals surface area (Å²) in [5.74, 6) is -0.638. The minimum atomic E-state index is -1.34. The third-order valence-corrected chi connectivity index (χ3v) is 7.21. The first-order valence-corrected chi connectivity index (χ1v) is 16.4. The Labute approximate surface area is 296 Å². The number of amidine groups is 1. The first-order chi connectivity index (χ1) is 24.2. The fourth-order valence-electron chi connectivity index (χ4n) is 4.98. The second-order valence-electron chi connectivity index (χ2n) is 13.0. The third-order valence-electron chi connectivity index (χ3n) is 7.21. The van der Waals surface area contributed by atoms with Crippen LogP contribution in [0.1, 0.15) is 51.3 Å². The van der Waals surface area contributed by atoms with Crippen LogP contribution < -0.4 is 32.1 Å². The van der Waals surface area contributed by atoms with E-state index < -0.39 is 29.3 Å². The van der Waals surface area contributed by atoms with Crippen molar-refractivity contribution in [3.63, 3.8) is 0 Å². The van der Waals surface area contributed by atoms with Crippen LogP contribution in [0.25, 0.3) is 11.3 Å². The van der Waals surface area contributed by atoms with Gasteiger partial charge in [0.25, 0.3) is 5.56 Å². The van der Waals surface area contributed by atoms with E-state index in [1.54, 1.807) is 57.2 Å². The number of rotatable bonds is 13. The van der Waals surface area contributed by atoms with Crippen LogP contribution in [0.4, 0.5) is 26.8 Å². The first-order valence-electron chi connectivity index (χ1n) is 16.4. The summed E-state index contributed by atoms with van der Waals surface area (Å²) in [4.78, 5) is 55.1. The van der Waals surface area contributed by atoms with Crippen molar-refractivity contribution in [3.8, 4) is 11.3 Å². The maximum absolute atomic E-state index is 13.8. The Balaban J connectivity index is 1.63. The third kappa shape index (κ3) is 11.7. The van der Waals surface area contributed by atoms with E-state index in [-0.39, 0.29) is 30.8 Å². The van der Waals surface area contributed by atoms with Gasteiger partial charge in [-0.25, -0.2) is 14.6 Å². The van der Waals surface area contributed by atoms with Crippen LogP contribution in [0.5, 0.6) is 0 Å². The van der Waals surface area contributed by atoms with Crippen LogP contribution in [0.15, 0.2) is 83.8 Å². The van der Waals surface area contributed by atoms with E-state index in [9.17, 15) is 19.2 Å². The van der Waals surface area contributed by atoms with Crippen LogP contribution in [0.2, 0.25) is 0 Å². The lowest BCUT2D eigenvalue weighted by Gasteiger charge is -2.21. The van der Waals surface area contributed by atoms with Gasteiger partial charge < -0.3 is 25.8 Å². The zero-order chi connectivity index (χ0) is 37.1. The second kappa shape index (κ2) is 17.0. The van der Waals surface area contributed by atoms with Gasteiger partial charge in [0, 0.05) is 41.6 Å². The van der Waals surface area contributed by atoms with E-state index in [1.165, 1.54) is 10.8 Å². The molecule has 1 heterocycles. The minimum absolute atomic E-state index is 0.0822. The number of nitrogens with one attached hydrogen (secondary N) is 6. The molecule has 0 radical (unpaired) electrons. The molecule has 51 heavy (non-hydrogen) atoms. The van der Waals surface area contributed by atoms with Gasteiger partial charge in [-0.2, -0.15) is 0 Å². The molecule has 14 nitrogen and oxygen atoms in total. The van der Waals surface area contributed by atoms with Gasteiger partial charge in [-0.3, -0.25) is 30.2 Å². The summed E-state index contributed by atoms with van der Waals surface area (Å²) < 4.78 is 6.80. The van der Waals surface area contributed by atoms with Crippen molar-refractivity contribution in [1.82, 2.24) is 20.2 Å². The fourth-order valence-corrected chi connectivity index (χ4v) is 4.98. The molecule has 4 aromatic rings. The van der Waals surface area contributed by atoms with Crippen molar-refractivity contribution in [2.45, 2.75) is 65.8 Å². The molecule has 0 unspecified atom stereocenters. The van der Waals surface area contributed by atoms with Crippen molar-refractivity contribution < 1.29 is 24.2 Å². The van der Waals surface area contributed by atoms with Crippen molar-refractivity contribution in [2.24, 2.45) is 0 Å². The van der Waals surface area contributed by atoms with Gasteiger partial charge >= 0.3 is 12.2 Å². The molecular formula is C37H44N8O6. The maximum atomic E-state index is 13.8. The Hall–Kier alpha value is -6.18. The summed E-state index contributed by atoms with van der Waals surface area (Å²) >= 11 is 0. The molecule has 4 rings (SSSR count). The molecule has 1 aromatic heterocycles. The lowest BCUT2D eigenvalue weighted by atomic mass is 10.1. The largest absolute Gasteiger partial charge is 0.465 e. The molecule has 268 valence electrons. The molecule has 0 saturated carbocycles. The molecule has 3 amide bonds. The van der Waals surface area contributed by atoms with Crippen molar-refractivity contribution in [1.29, 1.82) is 5.41 Å². The first kappa shape index (κ1) is 37.6. The van der Waals surface area contributed by atoms with Crippen molar-refractivity contribution in [3.05, 3.63) is 106 Å². The normalized spacial score (nSPS) is 11.0. The quantitative estimate of drug-likeness (QED) is 0.0683. The molecular weight excluding hydrogens is 652 g/mol. The Morgan fingerprint density at radius 3 is 2.29 bits per heavy atom. The van der Waals surface area contributed by atoms with E-state index in [2.05, 4.69) is 26.3 Å². The number of ether oxygens (including phenoxy) is 1. The number of nitrogens with zero attached hydrogens (tertiary/aromatic N) is 2. The highest BCUT2D eigenvalue weighted by Crippen LogP contribution is 2.28. The van der Waals surface area contributed by atoms with E-state index in [0.29, 0.717) is 40.3 Å². The molecule has 0 saturated heterocycles. The highest BCUT2D eigenvalue weighted by atomic mass is 16.6. The summed E-state index contributed by atoms with van der Waals surface area (Å²) in [6.45, 7) is 9.41. The van der Waals surface area contributed by atoms with Gasteiger partial charge in [0.1, 0.15) is 18.0 Å². The highest BCUT2D eigenvalue weighted by Gasteiger charge is 2.19. The maximum Gasteiger partial charge on any atom is 0.412 e. The van der Waals surface area contributed by atoms with Crippen LogP contribution in [0.3, 0.4) is 0 Å². The van der Waals surface area contributed by atoms with Gasteiger partial charge in [0.2, 0.25) is 5.91 Å². The van der Waals surface area contributed by atoms with E-state index in [0.717, 1.165) is 12.0 Å². The second-order valence-corrected chi connectivity index (χ2v) is 13.0. The zero-order valence-electron chi connectivity index (χ0n) is 29.3. The van der Waals surface area contributed by atoms with Gasteiger partial charge in [0.15, 0.2) is 5.82 Å². The molecule has 14 heteroatoms. The number of hydrogen-bond acceptors (Lipinski definition) is 9. The number of amides is 3. The molecule has 0 aliphatic rings. The van der Waals surface area contributed by atoms with Gasteiger partial charge in [0.05, 0.1) is 11.9 Å². The lowest BCUT2D eigenvalue weighted by molar-refractivity contribution is -0.121. The van der Waals surface area contributed by atoms with Crippen molar-refractivity contribution >= 4 is 41.1 Å². The smallest absolute Gasteiger partial charge is 0.412 e. The van der Waals surface area contributed by atoms with Gasteiger partial charge in [-0.05, 0) is 70.4 Å². The average molecular weight is 697 g/mol. The van der Waals surface area contributed by atoms with E-state index in [1.807, 2.05) is 55.6 Å². The van der Waals surface area contributed by atoms with Gasteiger partial charge in [-0.1, -0.05) is 54.6 Å². The number of benzene rings is 3. The lowest BCUT2D eigenvalue weighted by Crippen LogP contribution is -2.35. The molecule has 0 fully saturated rings. The average Bonchev–Trinajstić information content (AvgIpc) is 3.05. The van der Waals surface area contributed by atoms with Crippen LogP contribution in [-0.2, 0) is 29.0 Å². The molecule has 0 aliphatic heterocycles. The monoisotopic (exact) mass is 696 g/mol. The molecule has 0 atom stereocenters. The van der Waals surface area contributed by atoms with Crippen LogP contribution in [-0.4, -0.2) is 56.8 Å². The molecule has 0 spiro atoms. The Morgan fingerprint density at radius 1 is 0.961 bits per heavy atom. The zero-order valence-corrected chi connectivity index (χ0v) is 29.3. The fraction of sp³-hybridized carbons (Fsp3) is 0.297. The number of hydrogen-bond donors (Lipinski definition) is 7. The molecule has 3 aromatic carbocycles. The highest BCUT2D eigenvalue weighted by molar-refractivity contribution is 6.04. The number of carbonyl (C=O) groups excluding carboxylic acids is 2. The Bertz CT molecular complexity index is 1920. The summed E-state index contributed by atoms with van der Waals surface area (Å²) in [7, 11) is 0. The topological polar surface area (TPSA) is 200 Å². The summed E-state index contributed by atoms with van der Waals surface area (Å²) in [6, 6.07) is 21.6. The molecule has 0 bridgehead atoms. The van der Waals surface area contributed by atoms with Crippen LogP contribution >= 0.6 is 0 Å². The summed E-state index contributed by atoms with van der Waals surface area (Å²) in [6.07, 6.45) is 0.268. The Kier molecular flexibility index (Phi) is 12.5. The van der Waals surface area contributed by atoms with E-state index >= 15 is 0 Å². The summed E-state index contributed by atoms with van der Waals surface area (Å²) in [5.41, 5.74) is 2.92. The number of anilines is 3. The SMILES string of the molecule is CC(C)Nc1ncc(-c2cc(NCCc3ccccc3)cc(NC(=O)OC(C)(C)C)c2)n(CC(=O)NCc2ccc(C(=N)NC(=O)O)cc2)c1=O. The minimum Gasteiger partial charge on any atom is -0.465 e. The number of carboxylic acid groups (broad SMARTS) is 1. The predicted octanol–water partition coefficient (Wildman–Crippen LogP) is 5.64. The predicted molar refractivity (Wildman–Crippen MR) is 197 cm³/mol. The Morgan fingerprint density at radius 2 is 1.65 bits per heavy atom. The van der Waals surface area contributed by atoms with Crippen LogP contribution in [0, 0.1) is 5.41 Å². The molecule has 0 aliphatic carbocycles.